The number of hydrogen-bond donors (Lipinski definition) is 1. The Kier molecular flexibility index (Phi) is 5.10. The van der Waals surface area contributed by atoms with Gasteiger partial charge in [0.05, 0.1) is 10.9 Å². The average Bonchev–Trinajstić information content (AvgIpc) is 2.93. The van der Waals surface area contributed by atoms with Crippen LogP contribution in [0.1, 0.15) is 11.1 Å². The third kappa shape index (κ3) is 3.35. The van der Waals surface area contributed by atoms with E-state index in [4.69, 9.17) is 5.73 Å². The third-order valence-electron chi connectivity index (χ3n) is 4.15. The Balaban J connectivity index is 2.07. The van der Waals surface area contributed by atoms with E-state index in [1.54, 1.807) is 6.07 Å². The topological polar surface area (TPSA) is 87.2 Å². The van der Waals surface area contributed by atoms with Crippen molar-refractivity contribution in [3.8, 4) is 6.07 Å². The molecule has 2 aromatic carbocycles. The van der Waals surface area contributed by atoms with Gasteiger partial charge in [0.1, 0.15) is 16.7 Å². The number of hydrogen-bond acceptors (Lipinski definition) is 4. The van der Waals surface area contributed by atoms with Crippen molar-refractivity contribution < 1.29 is 9.59 Å². The van der Waals surface area contributed by atoms with Gasteiger partial charge in [-0.2, -0.15) is 5.26 Å². The predicted octanol–water partition coefficient (Wildman–Crippen LogP) is 2.91. The van der Waals surface area contributed by atoms with Crippen LogP contribution < -0.4 is 10.6 Å². The van der Waals surface area contributed by atoms with Gasteiger partial charge < -0.3 is 5.73 Å². The summed E-state index contributed by atoms with van der Waals surface area (Å²) in [4.78, 5) is 26.3. The fourth-order valence-electron chi connectivity index (χ4n) is 2.86. The summed E-state index contributed by atoms with van der Waals surface area (Å²) in [5, 5.41) is 9.28. The summed E-state index contributed by atoms with van der Waals surface area (Å²) in [6.45, 7) is 1.88. The molecule has 26 heavy (non-hydrogen) atoms. The lowest BCUT2D eigenvalue weighted by Gasteiger charge is -2.20. The summed E-state index contributed by atoms with van der Waals surface area (Å²) >= 11 is 1.22. The van der Waals surface area contributed by atoms with E-state index < -0.39 is 11.2 Å². The van der Waals surface area contributed by atoms with E-state index in [1.165, 1.54) is 16.7 Å². The molecule has 0 spiro atoms. The maximum Gasteiger partial charge on any atom is 0.262 e. The number of thioether (sulfide) groups is 1. The van der Waals surface area contributed by atoms with Gasteiger partial charge in [0.15, 0.2) is 0 Å². The van der Waals surface area contributed by atoms with Crippen LogP contribution in [0, 0.1) is 18.3 Å². The molecule has 1 atom stereocenters. The summed E-state index contributed by atoms with van der Waals surface area (Å²) in [7, 11) is 0. The molecular weight excluding hydrogens is 346 g/mol. The molecule has 1 fully saturated rings. The first kappa shape index (κ1) is 17.8. The smallest absolute Gasteiger partial charge is 0.262 e. The van der Waals surface area contributed by atoms with E-state index in [2.05, 4.69) is 0 Å². The molecule has 3 rings (SSSR count). The van der Waals surface area contributed by atoms with E-state index in [1.807, 2.05) is 61.5 Å². The van der Waals surface area contributed by atoms with Crippen LogP contribution in [0.15, 0.2) is 65.2 Å². The van der Waals surface area contributed by atoms with Gasteiger partial charge in [0.25, 0.3) is 5.91 Å². The number of benzene rings is 2. The van der Waals surface area contributed by atoms with Crippen molar-refractivity contribution in [1.29, 1.82) is 5.26 Å². The van der Waals surface area contributed by atoms with Crippen molar-refractivity contribution in [2.75, 3.05) is 4.90 Å². The Morgan fingerprint density at radius 1 is 1.19 bits per heavy atom. The highest BCUT2D eigenvalue weighted by molar-refractivity contribution is 8.05. The lowest BCUT2D eigenvalue weighted by atomic mass is 10.1. The summed E-state index contributed by atoms with van der Waals surface area (Å²) in [5.74, 6) is -0.987. The minimum Gasteiger partial charge on any atom is -0.365 e. The van der Waals surface area contributed by atoms with E-state index in [0.717, 1.165) is 11.1 Å². The van der Waals surface area contributed by atoms with Crippen LogP contribution in [0.25, 0.3) is 0 Å². The van der Waals surface area contributed by atoms with Gasteiger partial charge >= 0.3 is 0 Å². The molecule has 0 radical (unpaired) electrons. The molecule has 1 aliphatic heterocycles. The van der Waals surface area contributed by atoms with Crippen LogP contribution in [-0.2, 0) is 16.0 Å². The first-order valence-electron chi connectivity index (χ1n) is 8.07. The molecule has 0 aliphatic carbocycles. The first-order valence-corrected chi connectivity index (χ1v) is 8.95. The van der Waals surface area contributed by atoms with Crippen LogP contribution in [0.5, 0.6) is 0 Å². The molecule has 2 amide bonds. The van der Waals surface area contributed by atoms with Crippen molar-refractivity contribution in [2.45, 2.75) is 18.6 Å². The molecule has 0 aromatic heterocycles. The standard InChI is InChI=1S/C20H17N3O2S/c1-13-7-5-6-10-16(13)23-19(25)17(11-14-8-3-2-4-9-14)26-20(23)15(12-21)18(22)24/h2-10,17H,11H2,1H3,(H2,22,24)/b20-15+/t17-/m1/s1. The molecule has 130 valence electrons. The molecule has 5 nitrogen and oxygen atoms in total. The van der Waals surface area contributed by atoms with Gasteiger partial charge in [-0.25, -0.2) is 0 Å². The second-order valence-corrected chi connectivity index (χ2v) is 7.10. The lowest BCUT2D eigenvalue weighted by molar-refractivity contribution is -0.117. The van der Waals surface area contributed by atoms with E-state index in [9.17, 15) is 14.9 Å². The number of primary amides is 1. The van der Waals surface area contributed by atoms with Gasteiger partial charge in [-0.05, 0) is 30.5 Å². The van der Waals surface area contributed by atoms with Crippen LogP contribution in [0.4, 0.5) is 5.69 Å². The maximum absolute atomic E-state index is 13.1. The second-order valence-electron chi connectivity index (χ2n) is 5.91. The number of rotatable bonds is 4. The number of nitrogens with zero attached hydrogens (tertiary/aromatic N) is 2. The highest BCUT2D eigenvalue weighted by Crippen LogP contribution is 2.42. The number of para-hydroxylation sites is 1. The van der Waals surface area contributed by atoms with E-state index in [-0.39, 0.29) is 11.5 Å². The third-order valence-corrected chi connectivity index (χ3v) is 5.41. The zero-order chi connectivity index (χ0) is 18.7. The first-order chi connectivity index (χ1) is 12.5. The number of carbonyl (C=O) groups is 2. The fraction of sp³-hybridized carbons (Fsp3) is 0.150. The van der Waals surface area contributed by atoms with Crippen LogP contribution in [0.3, 0.4) is 0 Å². The predicted molar refractivity (Wildman–Crippen MR) is 102 cm³/mol. The molecule has 0 saturated carbocycles. The number of anilines is 1. The summed E-state index contributed by atoms with van der Waals surface area (Å²) in [6.07, 6.45) is 0.508. The Bertz CT molecular complexity index is 932. The van der Waals surface area contributed by atoms with Gasteiger partial charge in [-0.3, -0.25) is 14.5 Å². The molecule has 1 heterocycles. The van der Waals surface area contributed by atoms with Crippen molar-refractivity contribution in [3.05, 3.63) is 76.3 Å². The van der Waals surface area contributed by atoms with Crippen molar-refractivity contribution in [3.63, 3.8) is 0 Å². The largest absolute Gasteiger partial charge is 0.365 e. The molecule has 1 aliphatic rings. The molecule has 2 N–H and O–H groups in total. The van der Waals surface area contributed by atoms with Gasteiger partial charge in [-0.1, -0.05) is 60.3 Å². The van der Waals surface area contributed by atoms with Crippen LogP contribution in [0.2, 0.25) is 0 Å². The molecule has 1 saturated heterocycles. The number of amides is 2. The second kappa shape index (κ2) is 7.46. The monoisotopic (exact) mass is 363 g/mol. The number of nitrogens with two attached hydrogens (primary N) is 1. The quantitative estimate of drug-likeness (QED) is 0.668. The molecule has 0 unspecified atom stereocenters. The Morgan fingerprint density at radius 3 is 2.46 bits per heavy atom. The Labute approximate surface area is 156 Å². The minimum atomic E-state index is -0.832. The number of aryl methyl sites for hydroxylation is 1. The van der Waals surface area contributed by atoms with Crippen LogP contribution in [-0.4, -0.2) is 17.1 Å². The Hall–Kier alpha value is -3.04. The maximum atomic E-state index is 13.1. The molecular formula is C20H17N3O2S. The van der Waals surface area contributed by atoms with Gasteiger partial charge in [0.2, 0.25) is 5.91 Å². The highest BCUT2D eigenvalue weighted by Gasteiger charge is 2.40. The van der Waals surface area contributed by atoms with E-state index in [0.29, 0.717) is 17.1 Å². The Morgan fingerprint density at radius 2 is 1.85 bits per heavy atom. The summed E-state index contributed by atoms with van der Waals surface area (Å²) in [6, 6.07) is 18.9. The van der Waals surface area contributed by atoms with Gasteiger partial charge in [0, 0.05) is 0 Å². The summed E-state index contributed by atoms with van der Waals surface area (Å²) in [5.41, 5.74) is 7.73. The molecule has 0 bridgehead atoms. The highest BCUT2D eigenvalue weighted by atomic mass is 32.2. The summed E-state index contributed by atoms with van der Waals surface area (Å²) < 4.78 is 0. The average molecular weight is 363 g/mol. The molecule has 2 aromatic rings. The number of nitriles is 1. The van der Waals surface area contributed by atoms with Crippen LogP contribution >= 0.6 is 11.8 Å². The van der Waals surface area contributed by atoms with Crippen molar-refractivity contribution in [2.24, 2.45) is 5.73 Å². The molecule has 6 heteroatoms. The fourth-order valence-corrected chi connectivity index (χ4v) is 4.17. The minimum absolute atomic E-state index is 0.155. The van der Waals surface area contributed by atoms with E-state index >= 15 is 0 Å². The zero-order valence-corrected chi connectivity index (χ0v) is 15.0. The lowest BCUT2D eigenvalue weighted by Crippen LogP contribution is -2.31. The SMILES string of the molecule is Cc1ccccc1N1C(=O)[C@@H](Cc2ccccc2)S/C1=C(\C#N)C(N)=O. The van der Waals surface area contributed by atoms with Crippen molar-refractivity contribution >= 4 is 29.3 Å². The van der Waals surface area contributed by atoms with Gasteiger partial charge in [-0.15, -0.1) is 0 Å². The number of carbonyl (C=O) groups excluding carboxylic acids is 2. The zero-order valence-electron chi connectivity index (χ0n) is 14.2. The normalized spacial score (nSPS) is 18.5. The van der Waals surface area contributed by atoms with Crippen molar-refractivity contribution in [1.82, 2.24) is 0 Å².